The van der Waals surface area contributed by atoms with Crippen molar-refractivity contribution in [1.29, 1.82) is 0 Å². The highest BCUT2D eigenvalue weighted by molar-refractivity contribution is 9.10. The third-order valence-electron chi connectivity index (χ3n) is 2.58. The van der Waals surface area contributed by atoms with Crippen LogP contribution in [0.2, 0.25) is 0 Å². The molecule has 1 saturated heterocycles. The molecule has 1 aliphatic rings. The fraction of sp³-hybridized carbons (Fsp3) is 0.364. The van der Waals surface area contributed by atoms with Crippen molar-refractivity contribution in [1.82, 2.24) is 4.90 Å². The molecule has 1 fully saturated rings. The first kappa shape index (κ1) is 10.6. The molecule has 1 atom stereocenters. The summed E-state index contributed by atoms with van der Waals surface area (Å²) < 4.78 is 0.928. The Morgan fingerprint density at radius 3 is 2.93 bits per heavy atom. The van der Waals surface area contributed by atoms with Crippen molar-refractivity contribution in [2.45, 2.75) is 12.5 Å². The van der Waals surface area contributed by atoms with Crippen LogP contribution in [0.25, 0.3) is 0 Å². The summed E-state index contributed by atoms with van der Waals surface area (Å²) in [5, 5.41) is 0. The number of benzene rings is 1. The van der Waals surface area contributed by atoms with Crippen LogP contribution in [0, 0.1) is 0 Å². The molecular weight excluding hydrogens is 256 g/mol. The Balaban J connectivity index is 2.14. The molecule has 0 radical (unpaired) electrons. The fourth-order valence-corrected chi connectivity index (χ4v) is 2.18. The highest BCUT2D eigenvalue weighted by atomic mass is 79.9. The zero-order valence-corrected chi connectivity index (χ0v) is 9.90. The number of hydrogen-bond acceptors (Lipinski definition) is 2. The zero-order chi connectivity index (χ0) is 10.8. The quantitative estimate of drug-likeness (QED) is 0.842. The Morgan fingerprint density at radius 2 is 2.33 bits per heavy atom. The summed E-state index contributed by atoms with van der Waals surface area (Å²) in [6.07, 6.45) is 0.903. The van der Waals surface area contributed by atoms with Crippen LogP contribution in [0.1, 0.15) is 16.8 Å². The van der Waals surface area contributed by atoms with Crippen molar-refractivity contribution in [3.05, 3.63) is 34.3 Å². The smallest absolute Gasteiger partial charge is 0.253 e. The lowest BCUT2D eigenvalue weighted by molar-refractivity contribution is 0.0791. The van der Waals surface area contributed by atoms with Gasteiger partial charge in [0.05, 0.1) is 0 Å². The molecule has 0 bridgehead atoms. The third-order valence-corrected chi connectivity index (χ3v) is 3.08. The van der Waals surface area contributed by atoms with Gasteiger partial charge in [-0.05, 0) is 24.6 Å². The number of nitrogens with two attached hydrogens (primary N) is 1. The molecule has 0 spiro atoms. The summed E-state index contributed by atoms with van der Waals surface area (Å²) in [4.78, 5) is 13.8. The number of nitrogens with zero attached hydrogens (tertiary/aromatic N) is 1. The van der Waals surface area contributed by atoms with Gasteiger partial charge in [0.2, 0.25) is 0 Å². The van der Waals surface area contributed by atoms with Crippen molar-refractivity contribution >= 4 is 21.8 Å². The number of rotatable bonds is 1. The van der Waals surface area contributed by atoms with Crippen LogP contribution < -0.4 is 5.73 Å². The van der Waals surface area contributed by atoms with Gasteiger partial charge in [0, 0.05) is 29.2 Å². The number of likely N-dealkylation sites (tertiary alicyclic amines) is 1. The molecule has 4 heteroatoms. The Kier molecular flexibility index (Phi) is 3.07. The Labute approximate surface area is 97.4 Å². The maximum atomic E-state index is 12.0. The first-order valence-corrected chi connectivity index (χ1v) is 5.76. The first-order valence-electron chi connectivity index (χ1n) is 4.97. The molecule has 1 heterocycles. The van der Waals surface area contributed by atoms with E-state index in [4.69, 9.17) is 5.73 Å². The number of carbonyl (C=O) groups excluding carboxylic acids is 1. The van der Waals surface area contributed by atoms with Crippen LogP contribution in [0.4, 0.5) is 0 Å². The third kappa shape index (κ3) is 2.38. The molecule has 0 aromatic heterocycles. The molecule has 1 aromatic carbocycles. The van der Waals surface area contributed by atoms with Gasteiger partial charge in [-0.25, -0.2) is 0 Å². The minimum Gasteiger partial charge on any atom is -0.337 e. The second-order valence-electron chi connectivity index (χ2n) is 3.81. The molecule has 15 heavy (non-hydrogen) atoms. The largest absolute Gasteiger partial charge is 0.337 e. The number of halogens is 1. The predicted molar refractivity (Wildman–Crippen MR) is 62.6 cm³/mol. The van der Waals surface area contributed by atoms with Gasteiger partial charge in [-0.3, -0.25) is 4.79 Å². The molecule has 0 unspecified atom stereocenters. The summed E-state index contributed by atoms with van der Waals surface area (Å²) in [6.45, 7) is 1.44. The average Bonchev–Trinajstić information content (AvgIpc) is 2.64. The van der Waals surface area contributed by atoms with E-state index >= 15 is 0 Å². The summed E-state index contributed by atoms with van der Waals surface area (Å²) >= 11 is 3.36. The SMILES string of the molecule is N[C@H]1CCN(C(=O)c2cccc(Br)c2)C1. The molecular formula is C11H13BrN2O. The highest BCUT2D eigenvalue weighted by Gasteiger charge is 2.24. The van der Waals surface area contributed by atoms with E-state index in [-0.39, 0.29) is 11.9 Å². The van der Waals surface area contributed by atoms with Crippen LogP contribution in [0.15, 0.2) is 28.7 Å². The second-order valence-corrected chi connectivity index (χ2v) is 4.73. The molecule has 2 N–H and O–H groups in total. The van der Waals surface area contributed by atoms with Gasteiger partial charge in [0.1, 0.15) is 0 Å². The lowest BCUT2D eigenvalue weighted by Gasteiger charge is -2.15. The van der Waals surface area contributed by atoms with Gasteiger partial charge in [0.15, 0.2) is 0 Å². The van der Waals surface area contributed by atoms with E-state index in [9.17, 15) is 4.79 Å². The average molecular weight is 269 g/mol. The molecule has 1 aliphatic heterocycles. The van der Waals surface area contributed by atoms with Crippen molar-refractivity contribution in [2.24, 2.45) is 5.73 Å². The monoisotopic (exact) mass is 268 g/mol. The van der Waals surface area contributed by atoms with Gasteiger partial charge < -0.3 is 10.6 Å². The summed E-state index contributed by atoms with van der Waals surface area (Å²) in [7, 11) is 0. The van der Waals surface area contributed by atoms with Crippen molar-refractivity contribution in [2.75, 3.05) is 13.1 Å². The number of carbonyl (C=O) groups is 1. The van der Waals surface area contributed by atoms with E-state index in [0.717, 1.165) is 23.0 Å². The normalized spacial score (nSPS) is 20.7. The first-order chi connectivity index (χ1) is 7.16. The molecule has 2 rings (SSSR count). The van der Waals surface area contributed by atoms with Crippen LogP contribution in [-0.4, -0.2) is 29.9 Å². The van der Waals surface area contributed by atoms with Crippen LogP contribution in [-0.2, 0) is 0 Å². The second kappa shape index (κ2) is 4.33. The van der Waals surface area contributed by atoms with E-state index in [1.807, 2.05) is 29.2 Å². The molecule has 1 amide bonds. The van der Waals surface area contributed by atoms with Crippen molar-refractivity contribution in [3.63, 3.8) is 0 Å². The van der Waals surface area contributed by atoms with E-state index in [0.29, 0.717) is 6.54 Å². The fourth-order valence-electron chi connectivity index (χ4n) is 1.78. The number of hydrogen-bond donors (Lipinski definition) is 1. The highest BCUT2D eigenvalue weighted by Crippen LogP contribution is 2.16. The van der Waals surface area contributed by atoms with E-state index < -0.39 is 0 Å². The topological polar surface area (TPSA) is 46.3 Å². The van der Waals surface area contributed by atoms with Crippen molar-refractivity contribution < 1.29 is 4.79 Å². The Hall–Kier alpha value is -0.870. The molecule has 0 saturated carbocycles. The lowest BCUT2D eigenvalue weighted by Crippen LogP contribution is -2.31. The maximum absolute atomic E-state index is 12.0. The minimum atomic E-state index is 0.0734. The van der Waals surface area contributed by atoms with Crippen molar-refractivity contribution in [3.8, 4) is 0 Å². The Bertz CT molecular complexity index is 381. The maximum Gasteiger partial charge on any atom is 0.253 e. The standard InChI is InChI=1S/C11H13BrN2O/c12-9-3-1-2-8(6-9)11(15)14-5-4-10(13)7-14/h1-3,6,10H,4-5,7,13H2/t10-/m0/s1. The van der Waals surface area contributed by atoms with E-state index in [2.05, 4.69) is 15.9 Å². The molecule has 80 valence electrons. The van der Waals surface area contributed by atoms with Gasteiger partial charge >= 0.3 is 0 Å². The summed E-state index contributed by atoms with van der Waals surface area (Å²) in [5.41, 5.74) is 6.49. The van der Waals surface area contributed by atoms with Crippen LogP contribution in [0.5, 0.6) is 0 Å². The van der Waals surface area contributed by atoms with Gasteiger partial charge in [0.25, 0.3) is 5.91 Å². The van der Waals surface area contributed by atoms with E-state index in [1.165, 1.54) is 0 Å². The van der Waals surface area contributed by atoms with Gasteiger partial charge in [-0.2, -0.15) is 0 Å². The van der Waals surface area contributed by atoms with Crippen LogP contribution >= 0.6 is 15.9 Å². The Morgan fingerprint density at radius 1 is 1.53 bits per heavy atom. The zero-order valence-electron chi connectivity index (χ0n) is 8.32. The van der Waals surface area contributed by atoms with E-state index in [1.54, 1.807) is 0 Å². The number of amides is 1. The summed E-state index contributed by atoms with van der Waals surface area (Å²) in [5.74, 6) is 0.0734. The lowest BCUT2D eigenvalue weighted by atomic mass is 10.2. The predicted octanol–water partition coefficient (Wildman–Crippen LogP) is 1.62. The molecule has 1 aromatic rings. The summed E-state index contributed by atoms with van der Waals surface area (Å²) in [6, 6.07) is 7.59. The van der Waals surface area contributed by atoms with Gasteiger partial charge in [-0.15, -0.1) is 0 Å². The van der Waals surface area contributed by atoms with Gasteiger partial charge in [-0.1, -0.05) is 22.0 Å². The van der Waals surface area contributed by atoms with Crippen LogP contribution in [0.3, 0.4) is 0 Å². The molecule has 3 nitrogen and oxygen atoms in total. The minimum absolute atomic E-state index is 0.0734. The molecule has 0 aliphatic carbocycles.